The first-order valence-electron chi connectivity index (χ1n) is 7.52. The molecule has 0 unspecified atom stereocenters. The SMILES string of the molecule is CCOc1ccc(C(=O)Nc2ccc(C)c(S(N)(=O)=O)c2)cc1OC. The number of anilines is 1. The number of aryl methyl sites for hydroxylation is 1. The lowest BCUT2D eigenvalue weighted by Gasteiger charge is -2.12. The van der Waals surface area contributed by atoms with Gasteiger partial charge in [0.15, 0.2) is 11.5 Å². The van der Waals surface area contributed by atoms with Crippen molar-refractivity contribution in [3.05, 3.63) is 47.5 Å². The van der Waals surface area contributed by atoms with Crippen molar-refractivity contribution in [1.82, 2.24) is 0 Å². The molecule has 0 aromatic heterocycles. The van der Waals surface area contributed by atoms with Gasteiger partial charge >= 0.3 is 0 Å². The Kier molecular flexibility index (Phi) is 5.66. The first-order chi connectivity index (χ1) is 11.8. The van der Waals surface area contributed by atoms with Gasteiger partial charge < -0.3 is 14.8 Å². The fraction of sp³-hybridized carbons (Fsp3) is 0.235. The summed E-state index contributed by atoms with van der Waals surface area (Å²) < 4.78 is 33.8. The van der Waals surface area contributed by atoms with E-state index in [9.17, 15) is 13.2 Å². The highest BCUT2D eigenvalue weighted by Gasteiger charge is 2.15. The summed E-state index contributed by atoms with van der Waals surface area (Å²) >= 11 is 0. The number of hydrogen-bond donors (Lipinski definition) is 2. The molecule has 2 rings (SSSR count). The summed E-state index contributed by atoms with van der Waals surface area (Å²) in [6.45, 7) is 3.95. The highest BCUT2D eigenvalue weighted by Crippen LogP contribution is 2.28. The molecule has 2 aromatic carbocycles. The van der Waals surface area contributed by atoms with E-state index in [0.29, 0.717) is 34.9 Å². The molecule has 0 spiro atoms. The molecule has 0 saturated heterocycles. The van der Waals surface area contributed by atoms with Crippen molar-refractivity contribution in [1.29, 1.82) is 0 Å². The Morgan fingerprint density at radius 2 is 1.88 bits per heavy atom. The van der Waals surface area contributed by atoms with Gasteiger partial charge in [-0.25, -0.2) is 13.6 Å². The maximum Gasteiger partial charge on any atom is 0.255 e. The van der Waals surface area contributed by atoms with Crippen LogP contribution in [0.25, 0.3) is 0 Å². The minimum atomic E-state index is -3.87. The third-order valence-electron chi connectivity index (χ3n) is 3.48. The van der Waals surface area contributed by atoms with Gasteiger partial charge in [0.25, 0.3) is 5.91 Å². The fourth-order valence-corrected chi connectivity index (χ4v) is 3.08. The molecule has 25 heavy (non-hydrogen) atoms. The van der Waals surface area contributed by atoms with Gasteiger partial charge in [0.05, 0.1) is 18.6 Å². The van der Waals surface area contributed by atoms with Gasteiger partial charge in [-0.1, -0.05) is 6.07 Å². The van der Waals surface area contributed by atoms with E-state index in [4.69, 9.17) is 14.6 Å². The van der Waals surface area contributed by atoms with E-state index in [1.165, 1.54) is 13.2 Å². The molecule has 0 aliphatic carbocycles. The van der Waals surface area contributed by atoms with Crippen molar-refractivity contribution >= 4 is 21.6 Å². The summed E-state index contributed by atoms with van der Waals surface area (Å²) in [7, 11) is -2.38. The van der Waals surface area contributed by atoms with E-state index in [1.807, 2.05) is 6.92 Å². The van der Waals surface area contributed by atoms with Gasteiger partial charge in [-0.3, -0.25) is 4.79 Å². The topological polar surface area (TPSA) is 108 Å². The Morgan fingerprint density at radius 1 is 1.16 bits per heavy atom. The lowest BCUT2D eigenvalue weighted by Crippen LogP contribution is -2.16. The molecule has 0 saturated carbocycles. The average molecular weight is 364 g/mol. The number of nitrogens with one attached hydrogen (secondary N) is 1. The van der Waals surface area contributed by atoms with Gasteiger partial charge in [0, 0.05) is 11.3 Å². The monoisotopic (exact) mass is 364 g/mol. The molecule has 0 bridgehead atoms. The predicted molar refractivity (Wildman–Crippen MR) is 94.7 cm³/mol. The molecule has 0 aliphatic rings. The van der Waals surface area contributed by atoms with Crippen LogP contribution in [0.1, 0.15) is 22.8 Å². The zero-order valence-electron chi connectivity index (χ0n) is 14.2. The number of nitrogens with two attached hydrogens (primary N) is 1. The van der Waals surface area contributed by atoms with Crippen LogP contribution in [0.2, 0.25) is 0 Å². The number of carbonyl (C=O) groups is 1. The Balaban J connectivity index is 2.28. The van der Waals surface area contributed by atoms with Crippen LogP contribution in [0.4, 0.5) is 5.69 Å². The quantitative estimate of drug-likeness (QED) is 0.818. The third kappa shape index (κ3) is 4.49. The highest BCUT2D eigenvalue weighted by molar-refractivity contribution is 7.89. The molecule has 3 N–H and O–H groups in total. The molecule has 1 amide bonds. The van der Waals surface area contributed by atoms with Crippen LogP contribution >= 0.6 is 0 Å². The van der Waals surface area contributed by atoms with Crippen LogP contribution in [0.5, 0.6) is 11.5 Å². The number of hydrogen-bond acceptors (Lipinski definition) is 5. The summed E-state index contributed by atoms with van der Waals surface area (Å²) in [5.41, 5.74) is 1.17. The number of carbonyl (C=O) groups excluding carboxylic acids is 1. The molecule has 7 nitrogen and oxygen atoms in total. The molecule has 0 heterocycles. The van der Waals surface area contributed by atoms with Crippen molar-refractivity contribution < 1.29 is 22.7 Å². The predicted octanol–water partition coefficient (Wildman–Crippen LogP) is 2.30. The Hall–Kier alpha value is -2.58. The molecule has 0 aliphatic heterocycles. The molecule has 2 aromatic rings. The Labute approximate surface area is 146 Å². The first-order valence-corrected chi connectivity index (χ1v) is 9.06. The third-order valence-corrected chi connectivity index (χ3v) is 4.53. The van der Waals surface area contributed by atoms with E-state index in [1.54, 1.807) is 37.3 Å². The summed E-state index contributed by atoms with van der Waals surface area (Å²) in [6, 6.07) is 9.30. The number of ether oxygens (including phenoxy) is 2. The minimum absolute atomic E-state index is 0.0328. The lowest BCUT2D eigenvalue weighted by molar-refractivity contribution is 0.102. The second-order valence-electron chi connectivity index (χ2n) is 5.28. The highest BCUT2D eigenvalue weighted by atomic mass is 32.2. The first kappa shape index (κ1) is 18.8. The summed E-state index contributed by atoms with van der Waals surface area (Å²) in [5.74, 6) is 0.558. The van der Waals surface area contributed by atoms with Gasteiger partial charge in [-0.15, -0.1) is 0 Å². The summed E-state index contributed by atoms with van der Waals surface area (Å²) in [4.78, 5) is 12.4. The standard InChI is InChI=1S/C17H20N2O5S/c1-4-24-14-8-6-12(9-15(14)23-3)17(20)19-13-7-5-11(2)16(10-13)25(18,21)22/h5-10H,4H2,1-3H3,(H,19,20)(H2,18,21,22). The second kappa shape index (κ2) is 7.54. The average Bonchev–Trinajstić information content (AvgIpc) is 2.56. The van der Waals surface area contributed by atoms with Crippen molar-refractivity contribution in [2.75, 3.05) is 19.0 Å². The number of rotatable bonds is 6. The van der Waals surface area contributed by atoms with Gasteiger partial charge in [-0.05, 0) is 49.7 Å². The second-order valence-corrected chi connectivity index (χ2v) is 6.81. The van der Waals surface area contributed by atoms with Gasteiger partial charge in [-0.2, -0.15) is 0 Å². The summed E-state index contributed by atoms with van der Waals surface area (Å²) in [5, 5.41) is 7.83. The normalized spacial score (nSPS) is 11.0. The zero-order chi connectivity index (χ0) is 18.6. The molecule has 0 fully saturated rings. The molecule has 0 radical (unpaired) electrons. The van der Waals surface area contributed by atoms with Crippen LogP contribution in [0.15, 0.2) is 41.3 Å². The lowest BCUT2D eigenvalue weighted by atomic mass is 10.1. The van der Waals surface area contributed by atoms with Crippen LogP contribution < -0.4 is 19.9 Å². The zero-order valence-corrected chi connectivity index (χ0v) is 15.0. The molecule has 134 valence electrons. The largest absolute Gasteiger partial charge is 0.493 e. The van der Waals surface area contributed by atoms with E-state index in [0.717, 1.165) is 0 Å². The van der Waals surface area contributed by atoms with Crippen molar-refractivity contribution in [3.8, 4) is 11.5 Å². The minimum Gasteiger partial charge on any atom is -0.493 e. The van der Waals surface area contributed by atoms with Crippen LogP contribution in [0, 0.1) is 6.92 Å². The fourth-order valence-electron chi connectivity index (χ4n) is 2.27. The number of benzene rings is 2. The Morgan fingerprint density at radius 3 is 2.48 bits per heavy atom. The molecular formula is C17H20N2O5S. The van der Waals surface area contributed by atoms with Crippen LogP contribution in [-0.4, -0.2) is 28.0 Å². The Bertz CT molecular complexity index is 894. The number of primary sulfonamides is 1. The van der Waals surface area contributed by atoms with Crippen molar-refractivity contribution in [2.45, 2.75) is 18.7 Å². The van der Waals surface area contributed by atoms with Crippen LogP contribution in [0.3, 0.4) is 0 Å². The molecule has 8 heteroatoms. The number of amides is 1. The van der Waals surface area contributed by atoms with E-state index < -0.39 is 15.9 Å². The number of sulfonamides is 1. The molecular weight excluding hydrogens is 344 g/mol. The maximum atomic E-state index is 12.4. The maximum absolute atomic E-state index is 12.4. The number of methoxy groups -OCH3 is 1. The van der Waals surface area contributed by atoms with Crippen LogP contribution in [-0.2, 0) is 10.0 Å². The van der Waals surface area contributed by atoms with Gasteiger partial charge in [0.1, 0.15) is 0 Å². The van der Waals surface area contributed by atoms with Crippen molar-refractivity contribution in [3.63, 3.8) is 0 Å². The van der Waals surface area contributed by atoms with E-state index in [2.05, 4.69) is 5.32 Å². The van der Waals surface area contributed by atoms with Gasteiger partial charge in [0.2, 0.25) is 10.0 Å². The smallest absolute Gasteiger partial charge is 0.255 e. The summed E-state index contributed by atoms with van der Waals surface area (Å²) in [6.07, 6.45) is 0. The van der Waals surface area contributed by atoms with E-state index in [-0.39, 0.29) is 4.90 Å². The van der Waals surface area contributed by atoms with E-state index >= 15 is 0 Å². The molecule has 0 atom stereocenters. The van der Waals surface area contributed by atoms with Crippen molar-refractivity contribution in [2.24, 2.45) is 5.14 Å².